The summed E-state index contributed by atoms with van der Waals surface area (Å²) >= 11 is 7.21. The average Bonchev–Trinajstić information content (AvgIpc) is 2.99. The Labute approximate surface area is 124 Å². The summed E-state index contributed by atoms with van der Waals surface area (Å²) in [5.74, 6) is -0.662. The number of nitrogens with one attached hydrogen (secondary N) is 1. The maximum Gasteiger partial charge on any atom is 0.230 e. The van der Waals surface area contributed by atoms with Gasteiger partial charge in [0.05, 0.1) is 18.0 Å². The molecule has 104 valence electrons. The number of halogens is 2. The van der Waals surface area contributed by atoms with Crippen LogP contribution in [-0.4, -0.2) is 29.1 Å². The van der Waals surface area contributed by atoms with Crippen molar-refractivity contribution in [1.82, 2.24) is 4.90 Å². The minimum atomic E-state index is -0.502. The molecule has 0 spiro atoms. The molecule has 0 unspecified atom stereocenters. The second-order valence-corrected chi connectivity index (χ2v) is 5.64. The van der Waals surface area contributed by atoms with Crippen molar-refractivity contribution >= 4 is 40.1 Å². The van der Waals surface area contributed by atoms with E-state index < -0.39 is 5.82 Å². The van der Waals surface area contributed by atoms with Crippen LogP contribution in [0.2, 0.25) is 5.02 Å². The van der Waals surface area contributed by atoms with Gasteiger partial charge >= 0.3 is 0 Å². The van der Waals surface area contributed by atoms with Crippen LogP contribution in [0.15, 0.2) is 34.3 Å². The summed E-state index contributed by atoms with van der Waals surface area (Å²) in [4.78, 5) is 18.4. The number of benzene rings is 1. The van der Waals surface area contributed by atoms with Crippen LogP contribution in [0.1, 0.15) is 6.42 Å². The largest absolute Gasteiger partial charge is 0.326 e. The number of carbonyl (C=O) groups excluding carboxylic acids is 1. The number of hydrogen-bond acceptors (Lipinski definition) is 4. The standard InChI is InChI=1S/C13H11ClFN3OS/c14-10-5-8(1-2-11(10)15)17-12(19)6-9-7-20-13-16-3-4-18(9)13/h1-2,5,7H,3-4,6H2,(H,17,19). The zero-order valence-electron chi connectivity index (χ0n) is 10.4. The highest BCUT2D eigenvalue weighted by Gasteiger charge is 2.27. The van der Waals surface area contributed by atoms with Crippen molar-refractivity contribution in [3.63, 3.8) is 0 Å². The van der Waals surface area contributed by atoms with Gasteiger partial charge in [0.25, 0.3) is 0 Å². The zero-order chi connectivity index (χ0) is 14.1. The highest BCUT2D eigenvalue weighted by Crippen LogP contribution is 2.31. The number of amidine groups is 1. The van der Waals surface area contributed by atoms with Crippen molar-refractivity contribution in [2.24, 2.45) is 4.99 Å². The van der Waals surface area contributed by atoms with Gasteiger partial charge in [-0.3, -0.25) is 9.79 Å². The lowest BCUT2D eigenvalue weighted by atomic mass is 10.2. The normalized spacial score (nSPS) is 16.8. The third-order valence-electron chi connectivity index (χ3n) is 2.99. The van der Waals surface area contributed by atoms with Gasteiger partial charge in [-0.05, 0) is 23.6 Å². The van der Waals surface area contributed by atoms with Crippen LogP contribution < -0.4 is 5.32 Å². The molecule has 4 nitrogen and oxygen atoms in total. The summed E-state index contributed by atoms with van der Waals surface area (Å²) in [5.41, 5.74) is 1.43. The number of fused-ring (bicyclic) bond motifs is 1. The predicted molar refractivity (Wildman–Crippen MR) is 79.3 cm³/mol. The first kappa shape index (κ1) is 13.5. The molecule has 7 heteroatoms. The summed E-state index contributed by atoms with van der Waals surface area (Å²) in [6.07, 6.45) is 0.265. The van der Waals surface area contributed by atoms with E-state index >= 15 is 0 Å². The van der Waals surface area contributed by atoms with Crippen molar-refractivity contribution < 1.29 is 9.18 Å². The molecule has 0 aliphatic carbocycles. The first-order valence-electron chi connectivity index (χ1n) is 6.06. The van der Waals surface area contributed by atoms with E-state index in [9.17, 15) is 9.18 Å². The SMILES string of the molecule is O=C(CC1=CSC2=NCCN12)Nc1ccc(F)c(Cl)c1. The summed E-state index contributed by atoms with van der Waals surface area (Å²) in [6.45, 7) is 1.60. The molecule has 2 aliphatic rings. The molecule has 0 saturated heterocycles. The van der Waals surface area contributed by atoms with Crippen molar-refractivity contribution in [3.05, 3.63) is 40.1 Å². The first-order valence-corrected chi connectivity index (χ1v) is 7.32. The predicted octanol–water partition coefficient (Wildman–Crippen LogP) is 3.07. The Bertz CT molecular complexity index is 632. The molecule has 0 saturated carbocycles. The molecule has 0 radical (unpaired) electrons. The number of thioether (sulfide) groups is 1. The van der Waals surface area contributed by atoms with Crippen LogP contribution in [0.5, 0.6) is 0 Å². The van der Waals surface area contributed by atoms with Gasteiger partial charge in [0, 0.05) is 17.9 Å². The lowest BCUT2D eigenvalue weighted by Gasteiger charge is -2.16. The monoisotopic (exact) mass is 311 g/mol. The van der Waals surface area contributed by atoms with Gasteiger partial charge in [-0.1, -0.05) is 23.4 Å². The van der Waals surface area contributed by atoms with E-state index in [1.807, 2.05) is 10.3 Å². The highest BCUT2D eigenvalue weighted by atomic mass is 35.5. The molecule has 0 aromatic heterocycles. The molecule has 2 heterocycles. The molecule has 0 atom stereocenters. The summed E-state index contributed by atoms with van der Waals surface area (Å²) in [5, 5.41) is 5.60. The lowest BCUT2D eigenvalue weighted by Crippen LogP contribution is -2.24. The van der Waals surface area contributed by atoms with Gasteiger partial charge in [-0.2, -0.15) is 0 Å². The number of aliphatic imine (C=N–C) groups is 1. The molecule has 0 fully saturated rings. The third kappa shape index (κ3) is 2.66. The molecule has 1 aromatic rings. The quantitative estimate of drug-likeness (QED) is 0.933. The molecule has 2 aliphatic heterocycles. The number of rotatable bonds is 3. The van der Waals surface area contributed by atoms with E-state index in [1.165, 1.54) is 30.0 Å². The second-order valence-electron chi connectivity index (χ2n) is 4.40. The molecule has 1 amide bonds. The minimum absolute atomic E-state index is 0.00704. The number of nitrogens with zero attached hydrogens (tertiary/aromatic N) is 2. The Morgan fingerprint density at radius 3 is 3.20 bits per heavy atom. The van der Waals surface area contributed by atoms with Gasteiger partial charge in [0.1, 0.15) is 5.82 Å². The fraction of sp³-hybridized carbons (Fsp3) is 0.231. The van der Waals surface area contributed by atoms with E-state index in [2.05, 4.69) is 10.3 Å². The fourth-order valence-electron chi connectivity index (χ4n) is 2.06. The van der Waals surface area contributed by atoms with Crippen LogP contribution in [-0.2, 0) is 4.79 Å². The Morgan fingerprint density at radius 1 is 1.55 bits per heavy atom. The van der Waals surface area contributed by atoms with Crippen molar-refractivity contribution in [1.29, 1.82) is 0 Å². The second kappa shape index (κ2) is 5.46. The van der Waals surface area contributed by atoms with E-state index in [-0.39, 0.29) is 17.4 Å². The van der Waals surface area contributed by atoms with Crippen molar-refractivity contribution in [2.45, 2.75) is 6.42 Å². The number of anilines is 1. The Balaban J connectivity index is 1.63. The Hall–Kier alpha value is -1.53. The van der Waals surface area contributed by atoms with Gasteiger partial charge in [-0.15, -0.1) is 0 Å². The summed E-state index contributed by atoms with van der Waals surface area (Å²) in [7, 11) is 0. The summed E-state index contributed by atoms with van der Waals surface area (Å²) in [6, 6.07) is 4.11. The van der Waals surface area contributed by atoms with Gasteiger partial charge in [0.15, 0.2) is 5.17 Å². The van der Waals surface area contributed by atoms with Crippen molar-refractivity contribution in [2.75, 3.05) is 18.4 Å². The average molecular weight is 312 g/mol. The van der Waals surface area contributed by atoms with Crippen LogP contribution in [0.25, 0.3) is 0 Å². The molecule has 1 aromatic carbocycles. The van der Waals surface area contributed by atoms with E-state index in [4.69, 9.17) is 11.6 Å². The molecular weight excluding hydrogens is 301 g/mol. The van der Waals surface area contributed by atoms with Crippen LogP contribution >= 0.6 is 23.4 Å². The van der Waals surface area contributed by atoms with E-state index in [0.717, 1.165) is 24.0 Å². The van der Waals surface area contributed by atoms with Crippen molar-refractivity contribution in [3.8, 4) is 0 Å². The van der Waals surface area contributed by atoms with E-state index in [0.29, 0.717) is 5.69 Å². The lowest BCUT2D eigenvalue weighted by molar-refractivity contribution is -0.115. The smallest absolute Gasteiger partial charge is 0.230 e. The number of amides is 1. The van der Waals surface area contributed by atoms with Gasteiger partial charge in [-0.25, -0.2) is 4.39 Å². The molecule has 1 N–H and O–H groups in total. The maximum absolute atomic E-state index is 13.0. The van der Waals surface area contributed by atoms with Crippen LogP contribution in [0, 0.1) is 5.82 Å². The third-order valence-corrected chi connectivity index (χ3v) is 4.23. The summed E-state index contributed by atoms with van der Waals surface area (Å²) < 4.78 is 13.0. The van der Waals surface area contributed by atoms with Crippen LogP contribution in [0.4, 0.5) is 10.1 Å². The molecule has 20 heavy (non-hydrogen) atoms. The number of hydrogen-bond donors (Lipinski definition) is 1. The fourth-order valence-corrected chi connectivity index (χ4v) is 3.19. The maximum atomic E-state index is 13.0. The van der Waals surface area contributed by atoms with Gasteiger partial charge < -0.3 is 10.2 Å². The Morgan fingerprint density at radius 2 is 2.40 bits per heavy atom. The van der Waals surface area contributed by atoms with Crippen LogP contribution in [0.3, 0.4) is 0 Å². The topological polar surface area (TPSA) is 44.7 Å². The first-order chi connectivity index (χ1) is 9.63. The highest BCUT2D eigenvalue weighted by molar-refractivity contribution is 8.16. The van der Waals surface area contributed by atoms with Gasteiger partial charge in [0.2, 0.25) is 5.91 Å². The Kier molecular flexibility index (Phi) is 3.67. The zero-order valence-corrected chi connectivity index (χ0v) is 12.0. The number of carbonyl (C=O) groups is 1. The molecule has 3 rings (SSSR count). The molecular formula is C13H11ClFN3OS. The van der Waals surface area contributed by atoms with E-state index in [1.54, 1.807) is 0 Å². The molecule has 0 bridgehead atoms. The minimum Gasteiger partial charge on any atom is -0.326 e.